The largest absolute Gasteiger partial charge is 0.320 e. The van der Waals surface area contributed by atoms with Crippen LogP contribution in [0.15, 0.2) is 30.3 Å². The minimum Gasteiger partial charge on any atom is -0.320 e. The number of unbranched alkanes of at least 4 members (excludes halogenated alkanes) is 4. The molecule has 1 aliphatic rings. The van der Waals surface area contributed by atoms with Crippen LogP contribution in [0.2, 0.25) is 0 Å². The molecule has 0 aromatic heterocycles. The van der Waals surface area contributed by atoms with Gasteiger partial charge in [-0.25, -0.2) is 0 Å². The van der Waals surface area contributed by atoms with Crippen molar-refractivity contribution in [3.8, 4) is 0 Å². The summed E-state index contributed by atoms with van der Waals surface area (Å²) in [5, 5.41) is 0. The second-order valence-corrected chi connectivity index (χ2v) is 6.63. The van der Waals surface area contributed by atoms with Crippen LogP contribution >= 0.6 is 0 Å². The van der Waals surface area contributed by atoms with Gasteiger partial charge in [-0.3, -0.25) is 0 Å². The van der Waals surface area contributed by atoms with Gasteiger partial charge in [0.2, 0.25) is 0 Å². The fraction of sp³-hybridized carbons (Fsp3) is 0.684. The first-order valence-electron chi connectivity index (χ1n) is 8.74. The predicted molar refractivity (Wildman–Crippen MR) is 87.6 cm³/mol. The summed E-state index contributed by atoms with van der Waals surface area (Å²) in [4.78, 5) is 0. The van der Waals surface area contributed by atoms with E-state index in [1.54, 1.807) is 0 Å². The molecule has 0 N–H and O–H groups in total. The minimum absolute atomic E-state index is 1.26. The summed E-state index contributed by atoms with van der Waals surface area (Å²) in [5.41, 5.74) is 1.53. The Labute approximate surface area is 125 Å². The van der Waals surface area contributed by atoms with Gasteiger partial charge in [0.05, 0.1) is 19.6 Å². The fourth-order valence-electron chi connectivity index (χ4n) is 3.67. The molecule has 1 aliphatic heterocycles. The van der Waals surface area contributed by atoms with E-state index in [-0.39, 0.29) is 0 Å². The predicted octanol–water partition coefficient (Wildman–Crippen LogP) is 5.16. The summed E-state index contributed by atoms with van der Waals surface area (Å²) < 4.78 is 1.36. The molecule has 0 aliphatic carbocycles. The number of benzene rings is 1. The Morgan fingerprint density at radius 3 is 2.25 bits per heavy atom. The molecule has 2 rings (SSSR count). The monoisotopic (exact) mass is 274 g/mol. The lowest BCUT2D eigenvalue weighted by Crippen LogP contribution is -2.51. The van der Waals surface area contributed by atoms with Crippen LogP contribution in [0.1, 0.15) is 63.9 Å². The van der Waals surface area contributed by atoms with Crippen LogP contribution in [-0.4, -0.2) is 24.1 Å². The number of likely N-dealkylation sites (tertiary alicyclic amines) is 1. The van der Waals surface area contributed by atoms with Crippen molar-refractivity contribution in [2.24, 2.45) is 0 Å². The van der Waals surface area contributed by atoms with E-state index in [0.717, 1.165) is 0 Å². The van der Waals surface area contributed by atoms with E-state index in [0.29, 0.717) is 0 Å². The molecule has 1 fully saturated rings. The highest BCUT2D eigenvalue weighted by molar-refractivity contribution is 5.13. The standard InChI is InChI=1S/C19H32N/c1-2-3-4-5-10-15-20(16-11-7-12-17-20)18-19-13-8-6-9-14-19/h6,8-9,13-14H,2-5,7,10-12,15-18H2,1H3/q+1. The van der Waals surface area contributed by atoms with Crippen molar-refractivity contribution in [3.63, 3.8) is 0 Å². The first kappa shape index (κ1) is 15.6. The lowest BCUT2D eigenvalue weighted by atomic mass is 10.0. The fourth-order valence-corrected chi connectivity index (χ4v) is 3.67. The summed E-state index contributed by atoms with van der Waals surface area (Å²) in [6, 6.07) is 11.1. The molecule has 0 spiro atoms. The van der Waals surface area contributed by atoms with Gasteiger partial charge < -0.3 is 4.48 Å². The van der Waals surface area contributed by atoms with Gasteiger partial charge in [-0.15, -0.1) is 0 Å². The van der Waals surface area contributed by atoms with Gasteiger partial charge in [-0.1, -0.05) is 56.5 Å². The van der Waals surface area contributed by atoms with Crippen LogP contribution in [-0.2, 0) is 6.54 Å². The molecule has 1 heterocycles. The minimum atomic E-state index is 1.26. The number of hydrogen-bond acceptors (Lipinski definition) is 0. The lowest BCUT2D eigenvalue weighted by molar-refractivity contribution is -0.945. The van der Waals surface area contributed by atoms with Crippen LogP contribution in [0, 0.1) is 0 Å². The highest BCUT2D eigenvalue weighted by atomic mass is 15.4. The zero-order valence-corrected chi connectivity index (χ0v) is 13.3. The van der Waals surface area contributed by atoms with Gasteiger partial charge in [-0.2, -0.15) is 0 Å². The van der Waals surface area contributed by atoms with E-state index in [9.17, 15) is 0 Å². The molecule has 1 heteroatoms. The van der Waals surface area contributed by atoms with Crippen LogP contribution < -0.4 is 0 Å². The van der Waals surface area contributed by atoms with Crippen molar-refractivity contribution < 1.29 is 4.48 Å². The summed E-state index contributed by atoms with van der Waals surface area (Å²) in [6.45, 7) is 7.77. The first-order chi connectivity index (χ1) is 9.85. The van der Waals surface area contributed by atoms with Crippen molar-refractivity contribution in [2.75, 3.05) is 19.6 Å². The van der Waals surface area contributed by atoms with E-state index in [1.807, 2.05) is 0 Å². The van der Waals surface area contributed by atoms with Crippen LogP contribution in [0.4, 0.5) is 0 Å². The topological polar surface area (TPSA) is 0 Å². The van der Waals surface area contributed by atoms with Crippen LogP contribution in [0.25, 0.3) is 0 Å². The lowest BCUT2D eigenvalue weighted by Gasteiger charge is -2.42. The van der Waals surface area contributed by atoms with Crippen molar-refractivity contribution in [3.05, 3.63) is 35.9 Å². The Hall–Kier alpha value is -0.820. The third kappa shape index (κ3) is 4.94. The average Bonchev–Trinajstić information content (AvgIpc) is 2.49. The van der Waals surface area contributed by atoms with Crippen molar-refractivity contribution >= 4 is 0 Å². The Morgan fingerprint density at radius 2 is 1.55 bits per heavy atom. The van der Waals surface area contributed by atoms with Crippen molar-refractivity contribution in [2.45, 2.75) is 64.8 Å². The van der Waals surface area contributed by atoms with Crippen molar-refractivity contribution in [1.29, 1.82) is 0 Å². The SMILES string of the molecule is CCCCCCC[N+]1(Cc2ccccc2)CCCCC1. The zero-order valence-electron chi connectivity index (χ0n) is 13.3. The van der Waals surface area contributed by atoms with Crippen LogP contribution in [0.5, 0.6) is 0 Å². The average molecular weight is 274 g/mol. The van der Waals surface area contributed by atoms with E-state index in [1.165, 1.54) is 87.6 Å². The second-order valence-electron chi connectivity index (χ2n) is 6.63. The van der Waals surface area contributed by atoms with Crippen LogP contribution in [0.3, 0.4) is 0 Å². The van der Waals surface area contributed by atoms with Gasteiger partial charge in [0.25, 0.3) is 0 Å². The third-order valence-corrected chi connectivity index (χ3v) is 4.86. The molecular weight excluding hydrogens is 242 g/mol. The van der Waals surface area contributed by atoms with E-state index in [4.69, 9.17) is 0 Å². The summed E-state index contributed by atoms with van der Waals surface area (Å²) in [5.74, 6) is 0. The highest BCUT2D eigenvalue weighted by Gasteiger charge is 2.29. The molecule has 1 aromatic rings. The third-order valence-electron chi connectivity index (χ3n) is 4.86. The number of piperidine rings is 1. The molecule has 1 aromatic carbocycles. The maximum Gasteiger partial charge on any atom is 0.104 e. The Morgan fingerprint density at radius 1 is 0.850 bits per heavy atom. The number of rotatable bonds is 8. The number of quaternary nitrogens is 1. The molecule has 0 radical (unpaired) electrons. The van der Waals surface area contributed by atoms with E-state index < -0.39 is 0 Å². The normalized spacial score (nSPS) is 18.1. The second kappa shape index (κ2) is 8.46. The summed E-state index contributed by atoms with van der Waals surface area (Å²) in [7, 11) is 0. The Kier molecular flexibility index (Phi) is 6.59. The highest BCUT2D eigenvalue weighted by Crippen LogP contribution is 2.24. The molecule has 1 saturated heterocycles. The smallest absolute Gasteiger partial charge is 0.104 e. The molecule has 112 valence electrons. The van der Waals surface area contributed by atoms with Gasteiger partial charge in [0, 0.05) is 5.56 Å². The molecular formula is C19H32N+. The molecule has 0 unspecified atom stereocenters. The summed E-state index contributed by atoms with van der Waals surface area (Å²) >= 11 is 0. The van der Waals surface area contributed by atoms with E-state index >= 15 is 0 Å². The molecule has 0 amide bonds. The number of hydrogen-bond donors (Lipinski definition) is 0. The number of nitrogens with zero attached hydrogens (tertiary/aromatic N) is 1. The summed E-state index contributed by atoms with van der Waals surface area (Å²) in [6.07, 6.45) is 11.4. The molecule has 0 atom stereocenters. The Bertz CT molecular complexity index is 351. The zero-order chi connectivity index (χ0) is 14.1. The molecule has 20 heavy (non-hydrogen) atoms. The van der Waals surface area contributed by atoms with Gasteiger partial charge in [-0.05, 0) is 32.1 Å². The Balaban J connectivity index is 1.88. The van der Waals surface area contributed by atoms with Gasteiger partial charge in [0.1, 0.15) is 6.54 Å². The quantitative estimate of drug-likeness (QED) is 0.454. The van der Waals surface area contributed by atoms with Crippen molar-refractivity contribution in [1.82, 2.24) is 0 Å². The molecule has 1 nitrogen and oxygen atoms in total. The van der Waals surface area contributed by atoms with Gasteiger partial charge >= 0.3 is 0 Å². The maximum absolute atomic E-state index is 2.31. The molecule has 0 saturated carbocycles. The van der Waals surface area contributed by atoms with E-state index in [2.05, 4.69) is 37.3 Å². The van der Waals surface area contributed by atoms with Gasteiger partial charge in [0.15, 0.2) is 0 Å². The molecule has 0 bridgehead atoms. The first-order valence-corrected chi connectivity index (χ1v) is 8.74. The maximum atomic E-state index is 2.31.